The number of aliphatic carboxylic acids is 1. The molecule has 0 aliphatic carbocycles. The number of aryl methyl sites for hydroxylation is 1. The maximum Gasteiger partial charge on any atom is 0.303 e. The second-order valence-electron chi connectivity index (χ2n) is 5.29. The van der Waals surface area contributed by atoms with Gasteiger partial charge in [0.1, 0.15) is 6.61 Å². The number of morpholine rings is 1. The molecule has 23 heavy (non-hydrogen) atoms. The smallest absolute Gasteiger partial charge is 0.303 e. The zero-order valence-corrected chi connectivity index (χ0v) is 14.8. The van der Waals surface area contributed by atoms with Gasteiger partial charge in [-0.05, 0) is 24.1 Å². The molecule has 0 aromatic heterocycles. The molecule has 128 valence electrons. The summed E-state index contributed by atoms with van der Waals surface area (Å²) in [6, 6.07) is 3.71. The number of hydrogen-bond donors (Lipinski definition) is 1. The monoisotopic (exact) mass is 387 g/mol. The summed E-state index contributed by atoms with van der Waals surface area (Å²) in [6.07, 6.45) is 0.456. The third kappa shape index (κ3) is 5.67. The lowest BCUT2D eigenvalue weighted by molar-refractivity contribution is -0.136. The lowest BCUT2D eigenvalue weighted by Crippen LogP contribution is -2.38. The van der Waals surface area contributed by atoms with Crippen LogP contribution in [0.1, 0.15) is 12.0 Å². The lowest BCUT2D eigenvalue weighted by Gasteiger charge is -2.26. The highest BCUT2D eigenvalue weighted by molar-refractivity contribution is 9.10. The number of carboxylic acid groups (broad SMARTS) is 1. The average Bonchev–Trinajstić information content (AvgIpc) is 2.55. The van der Waals surface area contributed by atoms with Crippen LogP contribution in [0, 0.1) is 0 Å². The highest BCUT2D eigenvalue weighted by atomic mass is 79.9. The molecule has 0 bridgehead atoms. The minimum absolute atomic E-state index is 0.0550. The van der Waals surface area contributed by atoms with Gasteiger partial charge < -0.3 is 19.3 Å². The van der Waals surface area contributed by atoms with Gasteiger partial charge in [0, 0.05) is 30.5 Å². The van der Waals surface area contributed by atoms with Crippen molar-refractivity contribution in [3.8, 4) is 11.5 Å². The summed E-state index contributed by atoms with van der Waals surface area (Å²) >= 11 is 3.42. The Hall–Kier alpha value is -1.31. The van der Waals surface area contributed by atoms with Crippen molar-refractivity contribution in [3.63, 3.8) is 0 Å². The molecular weight excluding hydrogens is 366 g/mol. The summed E-state index contributed by atoms with van der Waals surface area (Å²) in [5, 5.41) is 8.91. The van der Waals surface area contributed by atoms with E-state index in [9.17, 15) is 4.79 Å². The predicted molar refractivity (Wildman–Crippen MR) is 89.4 cm³/mol. The molecule has 0 unspecified atom stereocenters. The van der Waals surface area contributed by atoms with Crippen LogP contribution in [0.15, 0.2) is 16.6 Å². The Morgan fingerprint density at radius 2 is 2.13 bits per heavy atom. The van der Waals surface area contributed by atoms with Crippen molar-refractivity contribution in [1.82, 2.24) is 4.90 Å². The van der Waals surface area contributed by atoms with Gasteiger partial charge in [-0.1, -0.05) is 15.9 Å². The van der Waals surface area contributed by atoms with Crippen LogP contribution in [0.25, 0.3) is 0 Å². The van der Waals surface area contributed by atoms with Gasteiger partial charge in [-0.2, -0.15) is 0 Å². The van der Waals surface area contributed by atoms with E-state index in [-0.39, 0.29) is 6.42 Å². The Morgan fingerprint density at radius 3 is 2.78 bits per heavy atom. The van der Waals surface area contributed by atoms with E-state index in [2.05, 4.69) is 20.8 Å². The van der Waals surface area contributed by atoms with E-state index < -0.39 is 5.97 Å². The molecule has 0 radical (unpaired) electrons. The first-order valence-corrected chi connectivity index (χ1v) is 8.40. The van der Waals surface area contributed by atoms with E-state index in [4.69, 9.17) is 19.3 Å². The molecule has 1 fully saturated rings. The van der Waals surface area contributed by atoms with Crippen LogP contribution in [0.5, 0.6) is 11.5 Å². The molecule has 1 saturated heterocycles. The molecule has 1 N–H and O–H groups in total. The van der Waals surface area contributed by atoms with Crippen LogP contribution < -0.4 is 9.47 Å². The van der Waals surface area contributed by atoms with Crippen LogP contribution in [-0.4, -0.2) is 62.5 Å². The average molecular weight is 388 g/mol. The van der Waals surface area contributed by atoms with Crippen molar-refractivity contribution in [1.29, 1.82) is 0 Å². The second kappa shape index (κ2) is 9.10. The number of ether oxygens (including phenoxy) is 3. The molecule has 1 heterocycles. The van der Waals surface area contributed by atoms with Gasteiger partial charge >= 0.3 is 5.97 Å². The van der Waals surface area contributed by atoms with E-state index in [1.165, 1.54) is 0 Å². The van der Waals surface area contributed by atoms with E-state index in [0.717, 1.165) is 42.9 Å². The number of nitrogens with zero attached hydrogens (tertiary/aromatic N) is 1. The highest BCUT2D eigenvalue weighted by Crippen LogP contribution is 2.35. The van der Waals surface area contributed by atoms with Gasteiger partial charge in [0.25, 0.3) is 0 Å². The van der Waals surface area contributed by atoms with Gasteiger partial charge in [-0.3, -0.25) is 9.69 Å². The molecule has 7 heteroatoms. The van der Waals surface area contributed by atoms with Gasteiger partial charge in [0.05, 0.1) is 20.3 Å². The largest absolute Gasteiger partial charge is 0.493 e. The minimum atomic E-state index is -0.830. The Morgan fingerprint density at radius 1 is 1.39 bits per heavy atom. The van der Waals surface area contributed by atoms with Gasteiger partial charge in [0.15, 0.2) is 11.5 Å². The summed E-state index contributed by atoms with van der Waals surface area (Å²) in [7, 11) is 1.58. The molecule has 1 aromatic rings. The maximum atomic E-state index is 10.8. The summed E-state index contributed by atoms with van der Waals surface area (Å²) in [5.41, 5.74) is 0.834. The quantitative estimate of drug-likeness (QED) is 0.737. The number of carboxylic acids is 1. The van der Waals surface area contributed by atoms with Crippen LogP contribution in [0.2, 0.25) is 0 Å². The van der Waals surface area contributed by atoms with E-state index in [1.807, 2.05) is 12.1 Å². The Balaban J connectivity index is 2.02. The fraction of sp³-hybridized carbons (Fsp3) is 0.562. The first-order valence-electron chi connectivity index (χ1n) is 7.61. The number of benzene rings is 1. The van der Waals surface area contributed by atoms with Crippen molar-refractivity contribution in [3.05, 3.63) is 22.2 Å². The van der Waals surface area contributed by atoms with Crippen molar-refractivity contribution in [2.75, 3.05) is 46.6 Å². The molecule has 0 spiro atoms. The normalized spacial score (nSPS) is 15.4. The summed E-state index contributed by atoms with van der Waals surface area (Å²) < 4.78 is 17.5. The van der Waals surface area contributed by atoms with Crippen LogP contribution in [-0.2, 0) is 16.0 Å². The molecular formula is C16H22BrNO5. The van der Waals surface area contributed by atoms with Crippen molar-refractivity contribution < 1.29 is 24.1 Å². The molecule has 2 rings (SSSR count). The number of halogens is 1. The highest BCUT2D eigenvalue weighted by Gasteiger charge is 2.15. The fourth-order valence-electron chi connectivity index (χ4n) is 2.47. The molecule has 0 amide bonds. The summed E-state index contributed by atoms with van der Waals surface area (Å²) in [6.45, 7) is 4.66. The first-order chi connectivity index (χ1) is 11.1. The van der Waals surface area contributed by atoms with Crippen LogP contribution in [0.3, 0.4) is 0 Å². The Bertz CT molecular complexity index is 531. The molecule has 6 nitrogen and oxygen atoms in total. The Kier molecular flexibility index (Phi) is 7.14. The van der Waals surface area contributed by atoms with E-state index in [0.29, 0.717) is 24.5 Å². The van der Waals surface area contributed by atoms with Crippen molar-refractivity contribution >= 4 is 21.9 Å². The molecule has 1 aliphatic heterocycles. The zero-order chi connectivity index (χ0) is 16.7. The maximum absolute atomic E-state index is 10.8. The number of carbonyl (C=O) groups is 1. The number of hydrogen-bond acceptors (Lipinski definition) is 5. The zero-order valence-electron chi connectivity index (χ0n) is 13.2. The van der Waals surface area contributed by atoms with Crippen molar-refractivity contribution in [2.45, 2.75) is 12.8 Å². The first kappa shape index (κ1) is 18.0. The molecule has 1 aliphatic rings. The number of methoxy groups -OCH3 is 1. The standard InChI is InChI=1S/C16H22BrNO5/c1-21-14-11-13(17)10-12(2-3-15(19)20)16(14)23-9-6-18-4-7-22-8-5-18/h10-11H,2-9H2,1H3,(H,19,20). The van der Waals surface area contributed by atoms with Crippen LogP contribution in [0.4, 0.5) is 0 Å². The van der Waals surface area contributed by atoms with Crippen LogP contribution >= 0.6 is 15.9 Å². The van der Waals surface area contributed by atoms with Gasteiger partial charge in [0.2, 0.25) is 0 Å². The predicted octanol–water partition coefficient (Wildman–Crippen LogP) is 2.19. The third-order valence-electron chi connectivity index (χ3n) is 3.68. The molecule has 1 aromatic carbocycles. The minimum Gasteiger partial charge on any atom is -0.493 e. The summed E-state index contributed by atoms with van der Waals surface area (Å²) in [5.74, 6) is 0.412. The number of rotatable bonds is 8. The van der Waals surface area contributed by atoms with Gasteiger partial charge in [-0.15, -0.1) is 0 Å². The fourth-order valence-corrected chi connectivity index (χ4v) is 2.95. The topological polar surface area (TPSA) is 68.2 Å². The Labute approximate surface area is 144 Å². The second-order valence-corrected chi connectivity index (χ2v) is 6.21. The van der Waals surface area contributed by atoms with Crippen molar-refractivity contribution in [2.24, 2.45) is 0 Å². The van der Waals surface area contributed by atoms with E-state index >= 15 is 0 Å². The summed E-state index contributed by atoms with van der Waals surface area (Å²) in [4.78, 5) is 13.1. The lowest BCUT2D eigenvalue weighted by atomic mass is 10.1. The SMILES string of the molecule is COc1cc(Br)cc(CCC(=O)O)c1OCCN1CCOCC1. The van der Waals surface area contributed by atoms with Gasteiger partial charge in [-0.25, -0.2) is 0 Å². The molecule has 0 saturated carbocycles. The van der Waals surface area contributed by atoms with E-state index in [1.54, 1.807) is 7.11 Å². The molecule has 0 atom stereocenters. The third-order valence-corrected chi connectivity index (χ3v) is 4.14.